The summed E-state index contributed by atoms with van der Waals surface area (Å²) in [4.78, 5) is 1.08. The number of aliphatic hydroxyl groups excluding tert-OH is 1. The molecule has 0 saturated carbocycles. The van der Waals surface area contributed by atoms with Crippen LogP contribution in [0.1, 0.15) is 0 Å². The van der Waals surface area contributed by atoms with Gasteiger partial charge in [-0.05, 0) is 18.2 Å². The van der Waals surface area contributed by atoms with Gasteiger partial charge in [0.25, 0.3) is 0 Å². The lowest BCUT2D eigenvalue weighted by Crippen LogP contribution is -2.36. The summed E-state index contributed by atoms with van der Waals surface area (Å²) in [6.45, 7) is 0.744. The minimum atomic E-state index is -0.410. The minimum absolute atomic E-state index is 0.0274. The van der Waals surface area contributed by atoms with Crippen molar-refractivity contribution in [2.24, 2.45) is 0 Å². The average molecular weight is 291 g/mol. The van der Waals surface area contributed by atoms with Gasteiger partial charge in [-0.15, -0.1) is 11.8 Å². The number of hydrogen-bond donors (Lipinski definition) is 1. The topological polar surface area (TPSA) is 29.5 Å². The van der Waals surface area contributed by atoms with Crippen LogP contribution in [0.25, 0.3) is 0 Å². The molecule has 0 spiro atoms. The van der Waals surface area contributed by atoms with Crippen molar-refractivity contribution in [3.8, 4) is 0 Å². The normalized spacial score (nSPS) is 22.4. The zero-order valence-electron chi connectivity index (χ0n) is 9.34. The summed E-state index contributed by atoms with van der Waals surface area (Å²) in [6, 6.07) is 7.68. The van der Waals surface area contributed by atoms with Crippen molar-refractivity contribution in [1.29, 1.82) is 0 Å². The second-order valence-corrected chi connectivity index (χ2v) is 6.50. The molecule has 17 heavy (non-hydrogen) atoms. The molecule has 94 valence electrons. The van der Waals surface area contributed by atoms with Crippen LogP contribution in [-0.4, -0.2) is 41.2 Å². The van der Waals surface area contributed by atoms with Crippen LogP contribution in [0.15, 0.2) is 29.2 Å². The van der Waals surface area contributed by atoms with Crippen molar-refractivity contribution >= 4 is 35.1 Å². The summed E-state index contributed by atoms with van der Waals surface area (Å²) in [5, 5.41) is 10.7. The number of ether oxygens (including phenoxy) is 1. The van der Waals surface area contributed by atoms with Crippen LogP contribution in [0.3, 0.4) is 0 Å². The Hall–Kier alpha value is 0.130. The second kappa shape index (κ2) is 6.90. The van der Waals surface area contributed by atoms with Gasteiger partial charge in [0, 0.05) is 27.2 Å². The fraction of sp³-hybridized carbons (Fsp3) is 0.500. The van der Waals surface area contributed by atoms with Crippen molar-refractivity contribution in [3.05, 3.63) is 29.3 Å². The third-order valence-corrected chi connectivity index (χ3v) is 4.84. The van der Waals surface area contributed by atoms with E-state index in [4.69, 9.17) is 16.3 Å². The third-order valence-electron chi connectivity index (χ3n) is 2.49. The Kier molecular flexibility index (Phi) is 5.50. The standard InChI is InChI=1S/C12H15ClO2S2/c13-9-2-1-3-10(6-9)17-7-11(14)12-8-16-5-4-15-12/h1-3,6,11-12,14H,4-5,7-8H2. The molecule has 1 aromatic carbocycles. The van der Waals surface area contributed by atoms with Gasteiger partial charge in [0.05, 0.1) is 18.8 Å². The van der Waals surface area contributed by atoms with Crippen LogP contribution in [0.4, 0.5) is 0 Å². The van der Waals surface area contributed by atoms with Crippen LogP contribution in [0.2, 0.25) is 5.02 Å². The highest BCUT2D eigenvalue weighted by Crippen LogP contribution is 2.24. The number of hydrogen-bond acceptors (Lipinski definition) is 4. The van der Waals surface area contributed by atoms with Crippen molar-refractivity contribution in [2.75, 3.05) is 23.9 Å². The zero-order chi connectivity index (χ0) is 12.1. The van der Waals surface area contributed by atoms with Gasteiger partial charge in [-0.3, -0.25) is 0 Å². The second-order valence-electron chi connectivity index (χ2n) is 3.82. The molecule has 1 saturated heterocycles. The highest BCUT2D eigenvalue weighted by Gasteiger charge is 2.22. The van der Waals surface area contributed by atoms with E-state index in [1.807, 2.05) is 36.0 Å². The van der Waals surface area contributed by atoms with E-state index in [1.165, 1.54) is 0 Å². The molecular weight excluding hydrogens is 276 g/mol. The van der Waals surface area contributed by atoms with Crippen molar-refractivity contribution in [2.45, 2.75) is 17.1 Å². The molecule has 0 aliphatic carbocycles. The molecule has 5 heteroatoms. The van der Waals surface area contributed by atoms with Crippen molar-refractivity contribution < 1.29 is 9.84 Å². The molecule has 2 unspecified atom stereocenters. The lowest BCUT2D eigenvalue weighted by Gasteiger charge is -2.26. The number of rotatable bonds is 4. The van der Waals surface area contributed by atoms with Crippen LogP contribution < -0.4 is 0 Å². The van der Waals surface area contributed by atoms with Gasteiger partial charge in [-0.2, -0.15) is 11.8 Å². The molecular formula is C12H15ClO2S2. The van der Waals surface area contributed by atoms with Crippen LogP contribution in [-0.2, 0) is 4.74 Å². The van der Waals surface area contributed by atoms with Crippen molar-refractivity contribution in [1.82, 2.24) is 0 Å². The SMILES string of the molecule is OC(CSc1cccc(Cl)c1)C1CSCCO1. The Labute approximate surface area is 115 Å². The molecule has 1 aliphatic heterocycles. The first-order chi connectivity index (χ1) is 8.25. The fourth-order valence-electron chi connectivity index (χ4n) is 1.57. The maximum Gasteiger partial charge on any atom is 0.0932 e. The number of halogens is 1. The van der Waals surface area contributed by atoms with E-state index in [2.05, 4.69) is 0 Å². The molecule has 1 fully saturated rings. The van der Waals surface area contributed by atoms with E-state index in [1.54, 1.807) is 11.8 Å². The first kappa shape index (κ1) is 13.6. The molecule has 1 aliphatic rings. The van der Waals surface area contributed by atoms with E-state index < -0.39 is 6.10 Å². The molecule has 1 heterocycles. The Balaban J connectivity index is 1.80. The van der Waals surface area contributed by atoms with Gasteiger partial charge in [0.2, 0.25) is 0 Å². The van der Waals surface area contributed by atoms with Gasteiger partial charge in [0.15, 0.2) is 0 Å². The quantitative estimate of drug-likeness (QED) is 0.864. The molecule has 1 N–H and O–H groups in total. The largest absolute Gasteiger partial charge is 0.390 e. The predicted octanol–water partition coefficient (Wildman–Crippen LogP) is 2.93. The molecule has 2 nitrogen and oxygen atoms in total. The van der Waals surface area contributed by atoms with Crippen LogP contribution >= 0.6 is 35.1 Å². The van der Waals surface area contributed by atoms with Gasteiger partial charge >= 0.3 is 0 Å². The summed E-state index contributed by atoms with van der Waals surface area (Å²) in [5.74, 6) is 2.56. The molecule has 0 amide bonds. The summed E-state index contributed by atoms with van der Waals surface area (Å²) < 4.78 is 5.54. The summed E-state index contributed by atoms with van der Waals surface area (Å²) in [5.41, 5.74) is 0. The van der Waals surface area contributed by atoms with E-state index in [-0.39, 0.29) is 6.10 Å². The van der Waals surface area contributed by atoms with E-state index in [0.717, 1.165) is 28.0 Å². The first-order valence-corrected chi connectivity index (χ1v) is 8.03. The number of aliphatic hydroxyl groups is 1. The Morgan fingerprint density at radius 3 is 3.18 bits per heavy atom. The maximum atomic E-state index is 10.0. The lowest BCUT2D eigenvalue weighted by molar-refractivity contribution is -0.0104. The Morgan fingerprint density at radius 1 is 1.59 bits per heavy atom. The van der Waals surface area contributed by atoms with Crippen LogP contribution in [0, 0.1) is 0 Å². The van der Waals surface area contributed by atoms with E-state index in [9.17, 15) is 5.11 Å². The van der Waals surface area contributed by atoms with Crippen molar-refractivity contribution in [3.63, 3.8) is 0 Å². The molecule has 0 radical (unpaired) electrons. The smallest absolute Gasteiger partial charge is 0.0932 e. The summed E-state index contributed by atoms with van der Waals surface area (Å²) >= 11 is 9.36. The molecule has 2 rings (SSSR count). The number of thioether (sulfide) groups is 2. The molecule has 0 bridgehead atoms. The van der Waals surface area contributed by atoms with Gasteiger partial charge in [0.1, 0.15) is 0 Å². The van der Waals surface area contributed by atoms with E-state index >= 15 is 0 Å². The Bertz CT molecular complexity index is 356. The lowest BCUT2D eigenvalue weighted by atomic mass is 10.2. The van der Waals surface area contributed by atoms with Gasteiger partial charge < -0.3 is 9.84 Å². The number of benzene rings is 1. The fourth-order valence-corrected chi connectivity index (χ4v) is 3.72. The van der Waals surface area contributed by atoms with Crippen LogP contribution in [0.5, 0.6) is 0 Å². The summed E-state index contributed by atoms with van der Waals surface area (Å²) in [6.07, 6.45) is -0.438. The third kappa shape index (κ3) is 4.38. The summed E-state index contributed by atoms with van der Waals surface area (Å²) in [7, 11) is 0. The minimum Gasteiger partial charge on any atom is -0.390 e. The zero-order valence-corrected chi connectivity index (χ0v) is 11.7. The average Bonchev–Trinajstić information content (AvgIpc) is 2.37. The highest BCUT2D eigenvalue weighted by molar-refractivity contribution is 7.99. The predicted molar refractivity (Wildman–Crippen MR) is 75.2 cm³/mol. The highest BCUT2D eigenvalue weighted by atomic mass is 35.5. The molecule has 2 atom stereocenters. The van der Waals surface area contributed by atoms with E-state index in [0.29, 0.717) is 5.75 Å². The monoisotopic (exact) mass is 290 g/mol. The van der Waals surface area contributed by atoms with Gasteiger partial charge in [-0.25, -0.2) is 0 Å². The molecule has 0 aromatic heterocycles. The van der Waals surface area contributed by atoms with Gasteiger partial charge in [-0.1, -0.05) is 17.7 Å². The molecule has 1 aromatic rings. The Morgan fingerprint density at radius 2 is 2.47 bits per heavy atom. The first-order valence-electron chi connectivity index (χ1n) is 5.51. The maximum absolute atomic E-state index is 10.0.